The maximum Gasteiger partial charge on any atom is 0.241 e. The van der Waals surface area contributed by atoms with Gasteiger partial charge in [-0.2, -0.15) is 0 Å². The molecule has 2 N–H and O–H groups in total. The number of halogens is 1. The molecule has 0 spiro atoms. The number of aryl methyl sites for hydroxylation is 2. The molecular formula is C16H17BrN2O3S. The lowest BCUT2D eigenvalue weighted by Gasteiger charge is -2.10. The van der Waals surface area contributed by atoms with E-state index in [1.54, 1.807) is 37.3 Å². The van der Waals surface area contributed by atoms with Gasteiger partial charge in [0.1, 0.15) is 0 Å². The van der Waals surface area contributed by atoms with Crippen LogP contribution >= 0.6 is 15.9 Å². The minimum Gasteiger partial charge on any atom is -0.325 e. The molecule has 2 rings (SSSR count). The number of sulfonamides is 1. The van der Waals surface area contributed by atoms with Crippen LogP contribution in [0.15, 0.2) is 51.8 Å². The first kappa shape index (κ1) is 17.7. The molecule has 0 aliphatic rings. The van der Waals surface area contributed by atoms with Gasteiger partial charge in [0, 0.05) is 10.2 Å². The number of rotatable bonds is 5. The summed E-state index contributed by atoms with van der Waals surface area (Å²) in [7, 11) is -3.71. The van der Waals surface area contributed by atoms with Crippen molar-refractivity contribution in [1.29, 1.82) is 0 Å². The molecule has 7 heteroatoms. The quantitative estimate of drug-likeness (QED) is 0.815. The van der Waals surface area contributed by atoms with Gasteiger partial charge in [-0.05, 0) is 43.2 Å². The summed E-state index contributed by atoms with van der Waals surface area (Å²) in [5.41, 5.74) is 2.27. The van der Waals surface area contributed by atoms with E-state index in [-0.39, 0.29) is 11.4 Å². The summed E-state index contributed by atoms with van der Waals surface area (Å²) in [6, 6.07) is 12.0. The van der Waals surface area contributed by atoms with E-state index in [4.69, 9.17) is 0 Å². The van der Waals surface area contributed by atoms with Crippen molar-refractivity contribution in [3.05, 3.63) is 58.1 Å². The van der Waals surface area contributed by atoms with Crippen LogP contribution in [-0.4, -0.2) is 20.9 Å². The number of carbonyl (C=O) groups excluding carboxylic acids is 1. The largest absolute Gasteiger partial charge is 0.325 e. The van der Waals surface area contributed by atoms with Crippen LogP contribution < -0.4 is 10.0 Å². The monoisotopic (exact) mass is 396 g/mol. The second kappa shape index (κ2) is 7.25. The average Bonchev–Trinajstić information content (AvgIpc) is 2.49. The fourth-order valence-electron chi connectivity index (χ4n) is 1.97. The number of hydrogen-bond acceptors (Lipinski definition) is 3. The van der Waals surface area contributed by atoms with E-state index in [0.29, 0.717) is 11.3 Å². The predicted octanol–water partition coefficient (Wildman–Crippen LogP) is 2.98. The van der Waals surface area contributed by atoms with Crippen LogP contribution in [0.1, 0.15) is 11.1 Å². The van der Waals surface area contributed by atoms with Crippen molar-refractivity contribution in [3.8, 4) is 0 Å². The van der Waals surface area contributed by atoms with E-state index in [2.05, 4.69) is 26.0 Å². The molecule has 5 nitrogen and oxygen atoms in total. The molecule has 1 amide bonds. The van der Waals surface area contributed by atoms with E-state index in [1.165, 1.54) is 6.07 Å². The molecule has 0 atom stereocenters. The maximum atomic E-state index is 12.2. The van der Waals surface area contributed by atoms with E-state index in [9.17, 15) is 13.2 Å². The number of hydrogen-bond donors (Lipinski definition) is 2. The summed E-state index contributed by atoms with van der Waals surface area (Å²) in [5.74, 6) is -0.432. The van der Waals surface area contributed by atoms with Crippen LogP contribution in [0.5, 0.6) is 0 Å². The first-order valence-electron chi connectivity index (χ1n) is 6.91. The van der Waals surface area contributed by atoms with Crippen LogP contribution in [0, 0.1) is 13.8 Å². The average molecular weight is 397 g/mol. The van der Waals surface area contributed by atoms with Crippen molar-refractivity contribution >= 4 is 37.5 Å². The summed E-state index contributed by atoms with van der Waals surface area (Å²) < 4.78 is 27.6. The molecule has 0 fully saturated rings. The Bertz CT molecular complexity index is 835. The van der Waals surface area contributed by atoms with Crippen molar-refractivity contribution < 1.29 is 13.2 Å². The lowest BCUT2D eigenvalue weighted by Crippen LogP contribution is -2.33. The van der Waals surface area contributed by atoms with E-state index in [1.807, 2.05) is 13.0 Å². The molecule has 0 unspecified atom stereocenters. The van der Waals surface area contributed by atoms with Crippen molar-refractivity contribution in [2.45, 2.75) is 18.7 Å². The lowest BCUT2D eigenvalue weighted by molar-refractivity contribution is -0.115. The van der Waals surface area contributed by atoms with Crippen molar-refractivity contribution in [1.82, 2.24) is 4.72 Å². The van der Waals surface area contributed by atoms with Gasteiger partial charge in [0.05, 0.1) is 11.4 Å². The first-order chi connectivity index (χ1) is 10.8. The van der Waals surface area contributed by atoms with Gasteiger partial charge in [0.2, 0.25) is 15.9 Å². The molecular weight excluding hydrogens is 380 g/mol. The Kier molecular flexibility index (Phi) is 5.56. The smallest absolute Gasteiger partial charge is 0.241 e. The van der Waals surface area contributed by atoms with E-state index in [0.717, 1.165) is 10.0 Å². The zero-order chi connectivity index (χ0) is 17.0. The van der Waals surface area contributed by atoms with Gasteiger partial charge in [-0.15, -0.1) is 0 Å². The fourth-order valence-corrected chi connectivity index (χ4v) is 3.58. The topological polar surface area (TPSA) is 75.3 Å². The third kappa shape index (κ3) is 4.63. The number of nitrogens with one attached hydrogen (secondary N) is 2. The summed E-state index contributed by atoms with van der Waals surface area (Å²) >= 11 is 3.38. The summed E-state index contributed by atoms with van der Waals surface area (Å²) in [6.45, 7) is 3.31. The maximum absolute atomic E-state index is 12.2. The normalized spacial score (nSPS) is 11.3. The highest BCUT2D eigenvalue weighted by molar-refractivity contribution is 9.10. The molecule has 0 radical (unpaired) electrons. The molecule has 0 bridgehead atoms. The standard InChI is InChI=1S/C16H17BrN2O3S/c1-11-7-8-13(9-14(11)17)19-16(20)10-18-23(21,22)15-6-4-3-5-12(15)2/h3-9,18H,10H2,1-2H3,(H,19,20). The van der Waals surface area contributed by atoms with Gasteiger partial charge in [0.25, 0.3) is 0 Å². The van der Waals surface area contributed by atoms with E-state index < -0.39 is 15.9 Å². The Hall–Kier alpha value is -1.70. The first-order valence-corrected chi connectivity index (χ1v) is 9.18. The van der Waals surface area contributed by atoms with Crippen molar-refractivity contribution in [3.63, 3.8) is 0 Å². The molecule has 2 aromatic rings. The minimum absolute atomic E-state index is 0.172. The second-order valence-corrected chi connectivity index (χ2v) is 7.69. The van der Waals surface area contributed by atoms with Gasteiger partial charge in [-0.1, -0.05) is 40.2 Å². The Morgan fingerprint density at radius 3 is 2.43 bits per heavy atom. The predicted molar refractivity (Wildman–Crippen MR) is 93.9 cm³/mol. The molecule has 0 heterocycles. The molecule has 2 aromatic carbocycles. The number of benzene rings is 2. The highest BCUT2D eigenvalue weighted by atomic mass is 79.9. The van der Waals surface area contributed by atoms with Gasteiger partial charge < -0.3 is 5.32 Å². The summed E-state index contributed by atoms with van der Waals surface area (Å²) in [4.78, 5) is 12.1. The van der Waals surface area contributed by atoms with Gasteiger partial charge in [0.15, 0.2) is 0 Å². The molecule has 0 saturated heterocycles. The van der Waals surface area contributed by atoms with Crippen LogP contribution in [0.3, 0.4) is 0 Å². The highest BCUT2D eigenvalue weighted by Gasteiger charge is 2.17. The number of anilines is 1. The Labute approximate surface area is 144 Å². The van der Waals surface area contributed by atoms with Crippen molar-refractivity contribution in [2.75, 3.05) is 11.9 Å². The van der Waals surface area contributed by atoms with E-state index >= 15 is 0 Å². The van der Waals surface area contributed by atoms with Crippen LogP contribution in [0.4, 0.5) is 5.69 Å². The van der Waals surface area contributed by atoms with Gasteiger partial charge in [-0.25, -0.2) is 13.1 Å². The molecule has 0 aliphatic carbocycles. The third-order valence-corrected chi connectivity index (χ3v) is 5.68. The Balaban J connectivity index is 2.01. The Morgan fingerprint density at radius 2 is 1.78 bits per heavy atom. The number of amides is 1. The van der Waals surface area contributed by atoms with Crippen LogP contribution in [0.2, 0.25) is 0 Å². The Morgan fingerprint density at radius 1 is 1.09 bits per heavy atom. The minimum atomic E-state index is -3.71. The SMILES string of the molecule is Cc1ccc(NC(=O)CNS(=O)(=O)c2ccccc2C)cc1Br. The second-order valence-electron chi connectivity index (χ2n) is 5.10. The molecule has 23 heavy (non-hydrogen) atoms. The summed E-state index contributed by atoms with van der Waals surface area (Å²) in [6.07, 6.45) is 0. The molecule has 0 saturated carbocycles. The van der Waals surface area contributed by atoms with Crippen LogP contribution in [-0.2, 0) is 14.8 Å². The van der Waals surface area contributed by atoms with Crippen molar-refractivity contribution in [2.24, 2.45) is 0 Å². The molecule has 122 valence electrons. The molecule has 0 aromatic heterocycles. The zero-order valence-corrected chi connectivity index (χ0v) is 15.2. The highest BCUT2D eigenvalue weighted by Crippen LogP contribution is 2.20. The van der Waals surface area contributed by atoms with Gasteiger partial charge in [-0.3, -0.25) is 4.79 Å². The summed E-state index contributed by atoms with van der Waals surface area (Å²) in [5, 5.41) is 2.65. The zero-order valence-electron chi connectivity index (χ0n) is 12.8. The van der Waals surface area contributed by atoms with Gasteiger partial charge >= 0.3 is 0 Å². The molecule has 0 aliphatic heterocycles. The van der Waals surface area contributed by atoms with Crippen LogP contribution in [0.25, 0.3) is 0 Å². The third-order valence-electron chi connectivity index (χ3n) is 3.26. The lowest BCUT2D eigenvalue weighted by atomic mass is 10.2. The fraction of sp³-hybridized carbons (Fsp3) is 0.188. The number of carbonyl (C=O) groups is 1.